The molecule has 0 atom stereocenters. The van der Waals surface area contributed by atoms with Crippen molar-refractivity contribution in [2.24, 2.45) is 0 Å². The third-order valence-electron chi connectivity index (χ3n) is 6.00. The molecule has 0 saturated heterocycles. The van der Waals surface area contributed by atoms with E-state index < -0.39 is 0 Å². The van der Waals surface area contributed by atoms with E-state index in [1.165, 1.54) is 5.56 Å². The molecule has 0 spiro atoms. The number of nitrogens with one attached hydrogen (secondary N) is 1. The first-order valence-electron chi connectivity index (χ1n) is 11.7. The number of anilines is 1. The van der Waals surface area contributed by atoms with E-state index in [-0.39, 0.29) is 11.5 Å². The van der Waals surface area contributed by atoms with Crippen molar-refractivity contribution in [2.75, 3.05) is 18.0 Å². The normalized spacial score (nSPS) is 10.9. The Balaban J connectivity index is 1.69. The summed E-state index contributed by atoms with van der Waals surface area (Å²) in [7, 11) is 0. The maximum absolute atomic E-state index is 13.5. The molecule has 0 saturated carbocycles. The molecule has 4 rings (SSSR count). The van der Waals surface area contributed by atoms with Crippen LogP contribution < -0.4 is 15.8 Å². The van der Waals surface area contributed by atoms with E-state index in [2.05, 4.69) is 10.2 Å². The molecule has 1 N–H and O–H groups in total. The number of carbonyl (C=O) groups excluding carboxylic acids is 1. The van der Waals surface area contributed by atoms with Crippen molar-refractivity contribution < 1.29 is 4.79 Å². The van der Waals surface area contributed by atoms with Gasteiger partial charge < -0.3 is 10.2 Å². The number of fused-ring (bicyclic) bond motifs is 1. The Morgan fingerprint density at radius 3 is 2.32 bits per heavy atom. The van der Waals surface area contributed by atoms with E-state index in [4.69, 9.17) is 4.98 Å². The topological polar surface area (TPSA) is 67.2 Å². The van der Waals surface area contributed by atoms with Crippen LogP contribution in [0.1, 0.15) is 40.9 Å². The molecule has 0 aliphatic heterocycles. The summed E-state index contributed by atoms with van der Waals surface area (Å²) in [5.74, 6) is 0.422. The van der Waals surface area contributed by atoms with Crippen molar-refractivity contribution in [1.29, 1.82) is 0 Å². The molecule has 34 heavy (non-hydrogen) atoms. The molecule has 0 aliphatic carbocycles. The second-order valence-corrected chi connectivity index (χ2v) is 8.36. The van der Waals surface area contributed by atoms with E-state index in [1.54, 1.807) is 22.8 Å². The number of nitrogens with zero attached hydrogens (tertiary/aromatic N) is 3. The van der Waals surface area contributed by atoms with Gasteiger partial charge in [0.15, 0.2) is 0 Å². The Morgan fingerprint density at radius 2 is 1.65 bits per heavy atom. The van der Waals surface area contributed by atoms with Crippen LogP contribution in [-0.4, -0.2) is 28.5 Å². The average molecular weight is 455 g/mol. The first-order chi connectivity index (χ1) is 16.5. The minimum Gasteiger partial charge on any atom is -0.348 e. The number of amides is 1. The molecule has 0 bridgehead atoms. The largest absolute Gasteiger partial charge is 0.348 e. The summed E-state index contributed by atoms with van der Waals surface area (Å²) in [6.45, 7) is 8.44. The number of hydrogen-bond acceptors (Lipinski definition) is 4. The zero-order valence-electron chi connectivity index (χ0n) is 19.9. The molecule has 3 aromatic carbocycles. The molecule has 0 unspecified atom stereocenters. The zero-order valence-corrected chi connectivity index (χ0v) is 19.9. The van der Waals surface area contributed by atoms with Crippen molar-refractivity contribution in [3.8, 4) is 0 Å². The monoisotopic (exact) mass is 454 g/mol. The van der Waals surface area contributed by atoms with Crippen LogP contribution in [0, 0.1) is 6.92 Å². The highest BCUT2D eigenvalue weighted by Gasteiger charge is 2.17. The molecule has 1 heterocycles. The van der Waals surface area contributed by atoms with Crippen molar-refractivity contribution in [2.45, 2.75) is 33.9 Å². The first kappa shape index (κ1) is 23.2. The molecule has 174 valence electrons. The van der Waals surface area contributed by atoms with Crippen molar-refractivity contribution in [1.82, 2.24) is 14.9 Å². The SMILES string of the molecule is CCN(CC)c1nc2cc(C(=O)NCc3ccc(C)cc3)ccc2c(=O)n1Cc1ccccc1. The lowest BCUT2D eigenvalue weighted by molar-refractivity contribution is 0.0951. The Morgan fingerprint density at radius 1 is 0.941 bits per heavy atom. The third kappa shape index (κ3) is 5.01. The number of carbonyl (C=O) groups is 1. The number of aromatic nitrogens is 2. The van der Waals surface area contributed by atoms with E-state index in [1.807, 2.05) is 75.4 Å². The number of rotatable bonds is 8. The van der Waals surface area contributed by atoms with Crippen LogP contribution in [0.4, 0.5) is 5.95 Å². The molecule has 0 aliphatic rings. The lowest BCUT2D eigenvalue weighted by Gasteiger charge is -2.24. The Kier molecular flexibility index (Phi) is 7.07. The summed E-state index contributed by atoms with van der Waals surface area (Å²) in [5.41, 5.74) is 4.15. The number of aryl methyl sites for hydroxylation is 1. The van der Waals surface area contributed by atoms with Gasteiger partial charge >= 0.3 is 0 Å². The van der Waals surface area contributed by atoms with Crippen LogP contribution in [0.5, 0.6) is 0 Å². The molecule has 1 aromatic heterocycles. The smallest absolute Gasteiger partial charge is 0.263 e. The lowest BCUT2D eigenvalue weighted by atomic mass is 10.1. The highest BCUT2D eigenvalue weighted by Crippen LogP contribution is 2.18. The van der Waals surface area contributed by atoms with Gasteiger partial charge in [0.05, 0.1) is 17.4 Å². The minimum atomic E-state index is -0.192. The van der Waals surface area contributed by atoms with E-state index >= 15 is 0 Å². The quantitative estimate of drug-likeness (QED) is 0.425. The average Bonchev–Trinajstić information content (AvgIpc) is 2.86. The van der Waals surface area contributed by atoms with Crippen molar-refractivity contribution in [3.05, 3.63) is 105 Å². The summed E-state index contributed by atoms with van der Waals surface area (Å²) >= 11 is 0. The second kappa shape index (κ2) is 10.3. The van der Waals surface area contributed by atoms with Gasteiger partial charge in [-0.3, -0.25) is 14.2 Å². The molecule has 6 nitrogen and oxygen atoms in total. The van der Waals surface area contributed by atoms with E-state index in [0.29, 0.717) is 35.5 Å². The van der Waals surface area contributed by atoms with Gasteiger partial charge in [0.25, 0.3) is 11.5 Å². The lowest BCUT2D eigenvalue weighted by Crippen LogP contribution is -2.33. The van der Waals surface area contributed by atoms with Gasteiger partial charge in [0.1, 0.15) is 0 Å². The molecule has 0 radical (unpaired) electrons. The van der Waals surface area contributed by atoms with Gasteiger partial charge in [0, 0.05) is 25.2 Å². The fourth-order valence-electron chi connectivity index (χ4n) is 4.00. The van der Waals surface area contributed by atoms with Gasteiger partial charge in [-0.2, -0.15) is 0 Å². The van der Waals surface area contributed by atoms with Crippen LogP contribution in [0.25, 0.3) is 10.9 Å². The maximum atomic E-state index is 13.5. The highest BCUT2D eigenvalue weighted by atomic mass is 16.1. The predicted molar refractivity (Wildman–Crippen MR) is 137 cm³/mol. The first-order valence-corrected chi connectivity index (χ1v) is 11.7. The van der Waals surface area contributed by atoms with Gasteiger partial charge in [-0.05, 0) is 50.1 Å². The standard InChI is InChI=1S/C28H30N4O2/c1-4-31(5-2)28-30-25-17-23(26(33)29-18-21-13-11-20(3)12-14-21)15-16-24(25)27(34)32(28)19-22-9-7-6-8-10-22/h6-17H,4-5,18-19H2,1-3H3,(H,29,33). The summed E-state index contributed by atoms with van der Waals surface area (Å²) in [6.07, 6.45) is 0. The van der Waals surface area contributed by atoms with Gasteiger partial charge in [-0.1, -0.05) is 60.2 Å². The Hall–Kier alpha value is -3.93. The summed E-state index contributed by atoms with van der Waals surface area (Å²) in [4.78, 5) is 33.2. The maximum Gasteiger partial charge on any atom is 0.263 e. The highest BCUT2D eigenvalue weighted by molar-refractivity contribution is 5.97. The predicted octanol–water partition coefficient (Wildman–Crippen LogP) is 4.53. The van der Waals surface area contributed by atoms with Gasteiger partial charge in [-0.15, -0.1) is 0 Å². The van der Waals surface area contributed by atoms with Crippen LogP contribution in [0.2, 0.25) is 0 Å². The molecule has 4 aromatic rings. The van der Waals surface area contributed by atoms with Gasteiger partial charge in [-0.25, -0.2) is 4.98 Å². The van der Waals surface area contributed by atoms with E-state index in [9.17, 15) is 9.59 Å². The van der Waals surface area contributed by atoms with Crippen LogP contribution in [-0.2, 0) is 13.1 Å². The molecule has 6 heteroatoms. The Bertz CT molecular complexity index is 1340. The summed E-state index contributed by atoms with van der Waals surface area (Å²) < 4.78 is 1.72. The zero-order chi connectivity index (χ0) is 24.1. The van der Waals surface area contributed by atoms with Gasteiger partial charge in [0.2, 0.25) is 5.95 Å². The van der Waals surface area contributed by atoms with E-state index in [0.717, 1.165) is 24.2 Å². The third-order valence-corrected chi connectivity index (χ3v) is 6.00. The molecular weight excluding hydrogens is 424 g/mol. The number of hydrogen-bond donors (Lipinski definition) is 1. The molecule has 1 amide bonds. The number of benzene rings is 3. The van der Waals surface area contributed by atoms with Crippen LogP contribution in [0.15, 0.2) is 77.6 Å². The summed E-state index contributed by atoms with van der Waals surface area (Å²) in [5, 5.41) is 3.46. The van der Waals surface area contributed by atoms with Crippen molar-refractivity contribution >= 4 is 22.8 Å². The summed E-state index contributed by atoms with van der Waals surface area (Å²) in [6, 6.07) is 23.1. The Labute approximate surface area is 199 Å². The molecule has 0 fully saturated rings. The second-order valence-electron chi connectivity index (χ2n) is 8.36. The fourth-order valence-corrected chi connectivity index (χ4v) is 4.00. The fraction of sp³-hybridized carbons (Fsp3) is 0.250. The molecular formula is C28H30N4O2. The van der Waals surface area contributed by atoms with Crippen molar-refractivity contribution in [3.63, 3.8) is 0 Å². The van der Waals surface area contributed by atoms with Crippen LogP contribution in [0.3, 0.4) is 0 Å². The van der Waals surface area contributed by atoms with Crippen LogP contribution >= 0.6 is 0 Å². The minimum absolute atomic E-state index is 0.109.